The van der Waals surface area contributed by atoms with Crippen LogP contribution < -0.4 is 10.1 Å². The third kappa shape index (κ3) is 4.55. The number of aliphatic hydroxyl groups is 1. The van der Waals surface area contributed by atoms with Crippen molar-refractivity contribution in [2.24, 2.45) is 5.92 Å². The zero-order chi connectivity index (χ0) is 21.8. The van der Waals surface area contributed by atoms with Gasteiger partial charge in [-0.05, 0) is 56.4 Å². The Balaban J connectivity index is 1.56. The molecule has 1 heterocycles. The monoisotopic (exact) mass is 420 g/mol. The molecule has 1 saturated carbocycles. The minimum atomic E-state index is -0.0144. The second-order valence-corrected chi connectivity index (χ2v) is 8.29. The highest BCUT2D eigenvalue weighted by atomic mass is 16.5. The highest BCUT2D eigenvalue weighted by molar-refractivity contribution is 5.60. The van der Waals surface area contributed by atoms with Crippen LogP contribution in [0.2, 0.25) is 0 Å². The number of hydrogen-bond acceptors (Lipinski definition) is 7. The molecule has 0 bridgehead atoms. The van der Waals surface area contributed by atoms with E-state index >= 15 is 0 Å². The molecule has 0 aliphatic heterocycles. The minimum absolute atomic E-state index is 0.0144. The highest BCUT2D eigenvalue weighted by Crippen LogP contribution is 2.42. The maximum Gasteiger partial charge on any atom is 0.257 e. The van der Waals surface area contributed by atoms with Crippen molar-refractivity contribution in [3.05, 3.63) is 53.4 Å². The molecule has 4 rings (SSSR count). The molecule has 7 heteroatoms. The van der Waals surface area contributed by atoms with Crippen LogP contribution in [-0.4, -0.2) is 40.5 Å². The second-order valence-electron chi connectivity index (χ2n) is 8.29. The molecule has 3 atom stereocenters. The number of nitrogens with one attached hydrogen (secondary N) is 1. The summed E-state index contributed by atoms with van der Waals surface area (Å²) in [4.78, 5) is 4.68. The van der Waals surface area contributed by atoms with E-state index in [1.54, 1.807) is 12.1 Å². The summed E-state index contributed by atoms with van der Waals surface area (Å²) in [6.45, 7) is 4.57. The first-order chi connectivity index (χ1) is 15.1. The summed E-state index contributed by atoms with van der Waals surface area (Å²) in [6, 6.07) is 7.80. The second kappa shape index (κ2) is 9.46. The van der Waals surface area contributed by atoms with Gasteiger partial charge in [0, 0.05) is 24.1 Å². The van der Waals surface area contributed by atoms with Crippen LogP contribution in [0.1, 0.15) is 50.4 Å². The summed E-state index contributed by atoms with van der Waals surface area (Å²) < 4.78 is 11.3. The van der Waals surface area contributed by atoms with Crippen LogP contribution in [0.25, 0.3) is 11.5 Å². The van der Waals surface area contributed by atoms with Crippen molar-refractivity contribution in [3.63, 3.8) is 0 Å². The van der Waals surface area contributed by atoms with Crippen molar-refractivity contribution in [3.8, 4) is 23.3 Å². The Bertz CT molecular complexity index is 1020. The van der Waals surface area contributed by atoms with E-state index in [1.807, 2.05) is 19.9 Å². The molecule has 1 aromatic heterocycles. The summed E-state index contributed by atoms with van der Waals surface area (Å²) in [5.74, 6) is 1.98. The summed E-state index contributed by atoms with van der Waals surface area (Å²) in [5.41, 5.74) is 2.49. The van der Waals surface area contributed by atoms with E-state index < -0.39 is 0 Å². The number of aliphatic hydroxyl groups excluding tert-OH is 1. The Morgan fingerprint density at radius 1 is 1.35 bits per heavy atom. The molecular formula is C24H28N4O3. The van der Waals surface area contributed by atoms with Crippen molar-refractivity contribution >= 4 is 0 Å². The van der Waals surface area contributed by atoms with Gasteiger partial charge in [-0.2, -0.15) is 10.2 Å². The van der Waals surface area contributed by atoms with Crippen molar-refractivity contribution in [2.45, 2.75) is 51.2 Å². The molecule has 0 saturated heterocycles. The van der Waals surface area contributed by atoms with Crippen molar-refractivity contribution in [1.82, 2.24) is 15.5 Å². The number of fused-ring (bicyclic) bond motifs is 1. The molecular weight excluding hydrogens is 392 g/mol. The van der Waals surface area contributed by atoms with Gasteiger partial charge in [0.2, 0.25) is 0 Å². The van der Waals surface area contributed by atoms with Gasteiger partial charge < -0.3 is 19.7 Å². The van der Waals surface area contributed by atoms with Crippen LogP contribution in [-0.2, 0) is 0 Å². The van der Waals surface area contributed by atoms with Gasteiger partial charge in [0.15, 0.2) is 5.82 Å². The molecule has 2 aromatic rings. The lowest BCUT2D eigenvalue weighted by molar-refractivity contribution is 0.241. The Morgan fingerprint density at radius 2 is 2.23 bits per heavy atom. The minimum Gasteiger partial charge on any atom is -0.490 e. The highest BCUT2D eigenvalue weighted by Gasteiger charge is 2.36. The normalized spacial score (nSPS) is 22.7. The lowest BCUT2D eigenvalue weighted by Gasteiger charge is -2.37. The van der Waals surface area contributed by atoms with Crippen LogP contribution in [0.5, 0.6) is 5.75 Å². The van der Waals surface area contributed by atoms with E-state index in [9.17, 15) is 10.4 Å². The molecule has 3 unspecified atom stereocenters. The number of benzene rings is 1. The average Bonchev–Trinajstić information content (AvgIpc) is 3.27. The van der Waals surface area contributed by atoms with E-state index in [0.29, 0.717) is 41.1 Å². The Labute approximate surface area is 182 Å². The molecule has 2 N–H and O–H groups in total. The number of hydrogen-bond donors (Lipinski definition) is 2. The number of aromatic nitrogens is 2. The van der Waals surface area contributed by atoms with E-state index in [1.165, 1.54) is 5.57 Å². The first kappa shape index (κ1) is 21.3. The largest absolute Gasteiger partial charge is 0.490 e. The maximum absolute atomic E-state index is 9.49. The zero-order valence-corrected chi connectivity index (χ0v) is 17.9. The van der Waals surface area contributed by atoms with Crippen LogP contribution in [0.15, 0.2) is 46.5 Å². The lowest BCUT2D eigenvalue weighted by atomic mass is 9.71. The Hall–Kier alpha value is -2.95. The molecule has 2 aliphatic rings. The van der Waals surface area contributed by atoms with Crippen LogP contribution >= 0.6 is 0 Å². The number of allylic oxidation sites excluding steroid dienone is 3. The molecule has 7 nitrogen and oxygen atoms in total. The van der Waals surface area contributed by atoms with Crippen LogP contribution in [0, 0.1) is 17.2 Å². The predicted molar refractivity (Wildman–Crippen MR) is 116 cm³/mol. The standard InChI is InChI=1S/C24H28N4O3/c1-15(2)30-22-10-9-16(13-17(22)14-25)24-27-23(28-31-24)20-7-3-6-19-18(20)5-4-8-21(19)26-11-12-29/h3,6-7,9-10,13,15,18,20-21,26,29H,4-5,8,11-12H2,1-2H3. The molecule has 162 valence electrons. The first-order valence-corrected chi connectivity index (χ1v) is 10.9. The third-order valence-corrected chi connectivity index (χ3v) is 5.83. The SMILES string of the molecule is CC(C)Oc1ccc(-c2nc(C3C=CC=C4C(NCCO)CCCC43)no2)cc1C#N. The summed E-state index contributed by atoms with van der Waals surface area (Å²) in [6.07, 6.45) is 9.63. The molecule has 1 fully saturated rings. The summed E-state index contributed by atoms with van der Waals surface area (Å²) in [5, 5.41) is 26.4. The van der Waals surface area contributed by atoms with Gasteiger partial charge in [-0.15, -0.1) is 0 Å². The van der Waals surface area contributed by atoms with Gasteiger partial charge in [0.1, 0.15) is 11.8 Å². The fourth-order valence-electron chi connectivity index (χ4n) is 4.50. The van der Waals surface area contributed by atoms with E-state index in [2.05, 4.69) is 39.8 Å². The summed E-state index contributed by atoms with van der Waals surface area (Å²) in [7, 11) is 0. The van der Waals surface area contributed by atoms with Crippen LogP contribution in [0.3, 0.4) is 0 Å². The Kier molecular flexibility index (Phi) is 6.50. The topological polar surface area (TPSA) is 104 Å². The average molecular weight is 421 g/mol. The maximum atomic E-state index is 9.49. The number of ether oxygens (including phenoxy) is 1. The molecule has 1 aromatic carbocycles. The molecule has 0 amide bonds. The molecule has 2 aliphatic carbocycles. The number of nitriles is 1. The van der Waals surface area contributed by atoms with Gasteiger partial charge >= 0.3 is 0 Å². The molecule has 0 radical (unpaired) electrons. The lowest BCUT2D eigenvalue weighted by Crippen LogP contribution is -2.40. The van der Waals surface area contributed by atoms with Gasteiger partial charge in [-0.1, -0.05) is 29.8 Å². The van der Waals surface area contributed by atoms with E-state index in [-0.39, 0.29) is 24.7 Å². The zero-order valence-electron chi connectivity index (χ0n) is 17.9. The third-order valence-electron chi connectivity index (χ3n) is 5.83. The van der Waals surface area contributed by atoms with Crippen LogP contribution in [0.4, 0.5) is 0 Å². The predicted octanol–water partition coefficient (Wildman–Crippen LogP) is 3.73. The van der Waals surface area contributed by atoms with Gasteiger partial charge in [-0.3, -0.25) is 0 Å². The molecule has 31 heavy (non-hydrogen) atoms. The number of nitrogens with zero attached hydrogens (tertiary/aromatic N) is 3. The quantitative estimate of drug-likeness (QED) is 0.703. The van der Waals surface area contributed by atoms with E-state index in [4.69, 9.17) is 9.26 Å². The first-order valence-electron chi connectivity index (χ1n) is 10.9. The van der Waals surface area contributed by atoms with Crippen molar-refractivity contribution in [1.29, 1.82) is 5.26 Å². The van der Waals surface area contributed by atoms with Gasteiger partial charge in [-0.25, -0.2) is 0 Å². The van der Waals surface area contributed by atoms with Gasteiger partial charge in [0.05, 0.1) is 18.3 Å². The van der Waals surface area contributed by atoms with E-state index in [0.717, 1.165) is 19.3 Å². The number of rotatable bonds is 7. The summed E-state index contributed by atoms with van der Waals surface area (Å²) >= 11 is 0. The fraction of sp³-hybridized carbons (Fsp3) is 0.458. The smallest absolute Gasteiger partial charge is 0.257 e. The van der Waals surface area contributed by atoms with Gasteiger partial charge in [0.25, 0.3) is 5.89 Å². The fourth-order valence-corrected chi connectivity index (χ4v) is 4.50. The Morgan fingerprint density at radius 3 is 3.00 bits per heavy atom. The van der Waals surface area contributed by atoms with Crippen molar-refractivity contribution in [2.75, 3.05) is 13.2 Å². The molecule has 0 spiro atoms. The van der Waals surface area contributed by atoms with Crippen molar-refractivity contribution < 1.29 is 14.4 Å².